The number of nitrogens with one attached hydrogen (secondary N) is 1. The number of benzene rings is 1. The summed E-state index contributed by atoms with van der Waals surface area (Å²) in [5, 5.41) is 22.0. The molecule has 0 heterocycles. The van der Waals surface area contributed by atoms with Crippen molar-refractivity contribution in [2.75, 3.05) is 6.61 Å². The van der Waals surface area contributed by atoms with Crippen molar-refractivity contribution in [2.45, 2.75) is 6.92 Å². The highest BCUT2D eigenvalue weighted by Gasteiger charge is 2.17. The third-order valence-corrected chi connectivity index (χ3v) is 2.00. The minimum atomic E-state index is -1.65. The van der Waals surface area contributed by atoms with E-state index in [1.807, 2.05) is 5.43 Å². The molecule has 0 aliphatic heterocycles. The third-order valence-electron chi connectivity index (χ3n) is 2.00. The number of primary amides is 1. The van der Waals surface area contributed by atoms with Crippen molar-refractivity contribution >= 4 is 24.8 Å². The maximum Gasteiger partial charge on any atom is 0.492 e. The zero-order chi connectivity index (χ0) is 13.5. The Morgan fingerprint density at radius 1 is 1.61 bits per heavy atom. The summed E-state index contributed by atoms with van der Waals surface area (Å²) in [7, 11) is -1.65. The summed E-state index contributed by atoms with van der Waals surface area (Å²) in [5.74, 6) is 0.382. The number of carbonyl (C=O) groups excluding carboxylic acids is 1. The third kappa shape index (κ3) is 4.08. The van der Waals surface area contributed by atoms with Crippen molar-refractivity contribution in [2.24, 2.45) is 10.8 Å². The average Bonchev–Trinajstić information content (AvgIpc) is 2.30. The van der Waals surface area contributed by atoms with Gasteiger partial charge in [0.25, 0.3) is 0 Å². The van der Waals surface area contributed by atoms with Crippen LogP contribution in [0.2, 0.25) is 0 Å². The van der Waals surface area contributed by atoms with Gasteiger partial charge in [0, 0.05) is 5.46 Å². The van der Waals surface area contributed by atoms with Gasteiger partial charge in [-0.15, -0.1) is 0 Å². The second-order valence-corrected chi connectivity index (χ2v) is 3.34. The summed E-state index contributed by atoms with van der Waals surface area (Å²) < 4.78 is 5.24. The van der Waals surface area contributed by atoms with Gasteiger partial charge >= 0.3 is 13.1 Å². The van der Waals surface area contributed by atoms with Gasteiger partial charge in [-0.05, 0) is 30.7 Å². The van der Waals surface area contributed by atoms with Gasteiger partial charge in [-0.1, -0.05) is 0 Å². The van der Waals surface area contributed by atoms with E-state index in [1.54, 1.807) is 19.1 Å². The zero-order valence-corrected chi connectivity index (χ0v) is 9.83. The van der Waals surface area contributed by atoms with Gasteiger partial charge in [-0.3, -0.25) is 0 Å². The van der Waals surface area contributed by atoms with Gasteiger partial charge < -0.3 is 20.5 Å². The highest BCUT2D eigenvalue weighted by molar-refractivity contribution is 6.59. The lowest BCUT2D eigenvalue weighted by atomic mass is 9.79. The summed E-state index contributed by atoms with van der Waals surface area (Å²) in [6.45, 7) is 2.20. The predicted molar refractivity (Wildman–Crippen MR) is 67.7 cm³/mol. The van der Waals surface area contributed by atoms with Gasteiger partial charge in [0.2, 0.25) is 0 Å². The fourth-order valence-corrected chi connectivity index (χ4v) is 1.31. The Balaban J connectivity index is 2.92. The molecule has 1 rings (SSSR count). The Morgan fingerprint density at radius 2 is 2.33 bits per heavy atom. The van der Waals surface area contributed by atoms with E-state index in [4.69, 9.17) is 10.5 Å². The molecule has 5 N–H and O–H groups in total. The molecule has 0 bridgehead atoms. The average molecular weight is 251 g/mol. The van der Waals surface area contributed by atoms with Crippen LogP contribution in [0.15, 0.2) is 23.3 Å². The van der Waals surface area contributed by atoms with Crippen LogP contribution in [-0.4, -0.2) is 36.0 Å². The number of ether oxygens (including phenoxy) is 1. The van der Waals surface area contributed by atoms with Crippen molar-refractivity contribution in [1.29, 1.82) is 0 Å². The summed E-state index contributed by atoms with van der Waals surface area (Å²) in [6.07, 6.45) is 1.33. The van der Waals surface area contributed by atoms with Crippen LogP contribution in [0.3, 0.4) is 0 Å². The van der Waals surface area contributed by atoms with Crippen LogP contribution in [0.1, 0.15) is 12.5 Å². The molecule has 7 nitrogen and oxygen atoms in total. The molecule has 96 valence electrons. The molecule has 1 aromatic rings. The lowest BCUT2D eigenvalue weighted by molar-refractivity contribution is 0.249. The molecule has 0 saturated heterocycles. The molecule has 0 unspecified atom stereocenters. The van der Waals surface area contributed by atoms with Crippen molar-refractivity contribution in [3.8, 4) is 5.75 Å². The van der Waals surface area contributed by atoms with Crippen LogP contribution < -0.4 is 21.4 Å². The van der Waals surface area contributed by atoms with E-state index in [-0.39, 0.29) is 5.46 Å². The molecule has 0 spiro atoms. The zero-order valence-electron chi connectivity index (χ0n) is 9.83. The summed E-state index contributed by atoms with van der Waals surface area (Å²) in [4.78, 5) is 10.4. The fraction of sp³-hybridized carbons (Fsp3) is 0.200. The molecule has 18 heavy (non-hydrogen) atoms. The van der Waals surface area contributed by atoms with E-state index in [9.17, 15) is 14.8 Å². The monoisotopic (exact) mass is 251 g/mol. The largest absolute Gasteiger partial charge is 0.494 e. The number of rotatable bonds is 5. The molecule has 1 aromatic carbocycles. The molecule has 0 aliphatic carbocycles. The first kappa shape index (κ1) is 14.0. The Labute approximate surface area is 104 Å². The van der Waals surface area contributed by atoms with Crippen molar-refractivity contribution in [3.63, 3.8) is 0 Å². The SMILES string of the molecule is CCOc1ccc(C=NNC(N)=O)cc1B(O)O. The molecule has 0 atom stereocenters. The first-order valence-electron chi connectivity index (χ1n) is 5.26. The molecule has 0 aromatic heterocycles. The second-order valence-electron chi connectivity index (χ2n) is 3.34. The Kier molecular flexibility index (Phi) is 5.16. The molecule has 0 fully saturated rings. The Morgan fingerprint density at radius 3 is 2.89 bits per heavy atom. The highest BCUT2D eigenvalue weighted by atomic mass is 16.5. The van der Waals surface area contributed by atoms with Crippen molar-refractivity contribution in [3.05, 3.63) is 23.8 Å². The smallest absolute Gasteiger partial charge is 0.492 e. The lowest BCUT2D eigenvalue weighted by Crippen LogP contribution is -2.32. The summed E-state index contributed by atoms with van der Waals surface area (Å²) in [5.41, 5.74) is 7.66. The first-order chi connectivity index (χ1) is 8.54. The van der Waals surface area contributed by atoms with E-state index in [0.29, 0.717) is 17.9 Å². The molecule has 2 amide bonds. The first-order valence-corrected chi connectivity index (χ1v) is 5.26. The number of hydrazone groups is 1. The highest BCUT2D eigenvalue weighted by Crippen LogP contribution is 2.09. The maximum atomic E-state index is 10.4. The molecule has 0 saturated carbocycles. The van der Waals surface area contributed by atoms with Gasteiger partial charge in [-0.25, -0.2) is 10.2 Å². The fourth-order valence-electron chi connectivity index (χ4n) is 1.31. The van der Waals surface area contributed by atoms with Crippen LogP contribution >= 0.6 is 0 Å². The van der Waals surface area contributed by atoms with Gasteiger partial charge in [0.1, 0.15) is 5.75 Å². The van der Waals surface area contributed by atoms with Crippen LogP contribution in [0.25, 0.3) is 0 Å². The van der Waals surface area contributed by atoms with E-state index < -0.39 is 13.1 Å². The predicted octanol–water partition coefficient (Wildman–Crippen LogP) is -1.23. The minimum absolute atomic E-state index is 0.222. The van der Waals surface area contributed by atoms with E-state index >= 15 is 0 Å². The number of nitrogens with two attached hydrogens (primary N) is 1. The number of urea groups is 1. The molecular weight excluding hydrogens is 237 g/mol. The van der Waals surface area contributed by atoms with Gasteiger partial charge in [-0.2, -0.15) is 5.10 Å². The van der Waals surface area contributed by atoms with E-state index in [0.717, 1.165) is 0 Å². The van der Waals surface area contributed by atoms with Crippen LogP contribution in [-0.2, 0) is 0 Å². The minimum Gasteiger partial charge on any atom is -0.494 e. The van der Waals surface area contributed by atoms with Crippen molar-refractivity contribution in [1.82, 2.24) is 5.43 Å². The lowest BCUT2D eigenvalue weighted by Gasteiger charge is -2.10. The van der Waals surface area contributed by atoms with Crippen molar-refractivity contribution < 1.29 is 19.6 Å². The number of hydrogen-bond donors (Lipinski definition) is 4. The number of nitrogens with zero attached hydrogens (tertiary/aromatic N) is 1. The molecule has 0 radical (unpaired) electrons. The van der Waals surface area contributed by atoms with Crippen LogP contribution in [0.4, 0.5) is 4.79 Å². The summed E-state index contributed by atoms with van der Waals surface area (Å²) in [6, 6.07) is 3.95. The molecule has 0 aliphatic rings. The van der Waals surface area contributed by atoms with Crippen LogP contribution in [0.5, 0.6) is 5.75 Å². The molecular formula is C10H14BN3O4. The topological polar surface area (TPSA) is 117 Å². The second kappa shape index (κ2) is 6.62. The number of carbonyl (C=O) groups is 1. The van der Waals surface area contributed by atoms with Crippen LogP contribution in [0, 0.1) is 0 Å². The Bertz CT molecular complexity index is 451. The standard InChI is InChI=1S/C10H14BN3O4/c1-2-18-9-4-3-7(5-8(9)11(16)17)6-13-14-10(12)15/h3-6,16-17H,2H2,1H3,(H3,12,14,15). The van der Waals surface area contributed by atoms with Gasteiger partial charge in [0.15, 0.2) is 0 Å². The summed E-state index contributed by atoms with van der Waals surface area (Å²) >= 11 is 0. The maximum absolute atomic E-state index is 10.4. The van der Waals surface area contributed by atoms with Gasteiger partial charge in [0.05, 0.1) is 12.8 Å². The number of amides is 2. The molecule has 8 heteroatoms. The number of hydrogen-bond acceptors (Lipinski definition) is 5. The van der Waals surface area contributed by atoms with E-state index in [2.05, 4.69) is 5.10 Å². The normalized spacial score (nSPS) is 10.4. The van der Waals surface area contributed by atoms with E-state index in [1.165, 1.54) is 12.3 Å². The quantitative estimate of drug-likeness (QED) is 0.297. The Hall–Kier alpha value is -2.06.